The van der Waals surface area contributed by atoms with Crippen molar-refractivity contribution < 1.29 is 4.52 Å². The lowest BCUT2D eigenvalue weighted by atomic mass is 10.2. The van der Waals surface area contributed by atoms with Gasteiger partial charge >= 0.3 is 5.76 Å². The molecule has 0 unspecified atom stereocenters. The smallest absolute Gasteiger partial charge is 0.369 e. The van der Waals surface area contributed by atoms with Crippen molar-refractivity contribution in [1.29, 1.82) is 0 Å². The highest BCUT2D eigenvalue weighted by Crippen LogP contribution is 2.15. The maximum atomic E-state index is 10.9. The molecule has 1 fully saturated rings. The Kier molecular flexibility index (Phi) is 3.33. The lowest BCUT2D eigenvalue weighted by molar-refractivity contribution is 0.240. The Labute approximate surface area is 110 Å². The normalized spacial score (nSPS) is 16.7. The molecule has 100 valence electrons. The summed E-state index contributed by atoms with van der Waals surface area (Å²) in [6, 6.07) is 10.4. The summed E-state index contributed by atoms with van der Waals surface area (Å²) in [5.41, 5.74) is 1.26. The molecule has 2 aromatic rings. The molecule has 1 aromatic carbocycles. The molecule has 6 nitrogen and oxygen atoms in total. The Hall–Kier alpha value is -2.08. The van der Waals surface area contributed by atoms with Crippen LogP contribution >= 0.6 is 0 Å². The van der Waals surface area contributed by atoms with Crippen LogP contribution in [0.1, 0.15) is 5.82 Å². The molecule has 1 aliphatic rings. The van der Waals surface area contributed by atoms with Gasteiger partial charge in [0.15, 0.2) is 5.82 Å². The minimum Gasteiger partial charge on any atom is -0.369 e. The Bertz CT molecular complexity index is 570. The largest absolute Gasteiger partial charge is 0.438 e. The average Bonchev–Trinajstić information content (AvgIpc) is 2.86. The first kappa shape index (κ1) is 12.0. The molecule has 1 N–H and O–H groups in total. The zero-order valence-electron chi connectivity index (χ0n) is 10.6. The fourth-order valence-corrected chi connectivity index (χ4v) is 2.34. The number of nitrogens with zero attached hydrogens (tertiary/aromatic N) is 3. The predicted octanol–water partition coefficient (Wildman–Crippen LogP) is 0.685. The summed E-state index contributed by atoms with van der Waals surface area (Å²) in [4.78, 5) is 18.1. The summed E-state index contributed by atoms with van der Waals surface area (Å²) < 4.78 is 4.50. The van der Waals surface area contributed by atoms with E-state index in [1.54, 1.807) is 0 Å². The first-order valence-electron chi connectivity index (χ1n) is 6.38. The van der Waals surface area contributed by atoms with Gasteiger partial charge in [0.1, 0.15) is 0 Å². The van der Waals surface area contributed by atoms with Crippen molar-refractivity contribution in [2.45, 2.75) is 6.54 Å². The van der Waals surface area contributed by atoms with Crippen molar-refractivity contribution in [3.8, 4) is 0 Å². The van der Waals surface area contributed by atoms with Gasteiger partial charge in [-0.2, -0.15) is 0 Å². The van der Waals surface area contributed by atoms with Gasteiger partial charge in [-0.1, -0.05) is 23.4 Å². The highest BCUT2D eigenvalue weighted by Gasteiger charge is 2.18. The molecule has 1 saturated heterocycles. The molecule has 0 amide bonds. The van der Waals surface area contributed by atoms with E-state index in [1.807, 2.05) is 6.07 Å². The molecule has 0 bridgehead atoms. The van der Waals surface area contributed by atoms with Crippen LogP contribution in [0.2, 0.25) is 0 Å². The van der Waals surface area contributed by atoms with Crippen LogP contribution in [0.5, 0.6) is 0 Å². The number of aromatic amines is 1. The quantitative estimate of drug-likeness (QED) is 0.879. The number of nitrogens with one attached hydrogen (secondary N) is 1. The highest BCUT2D eigenvalue weighted by atomic mass is 16.5. The maximum absolute atomic E-state index is 10.9. The molecule has 1 aromatic heterocycles. The second kappa shape index (κ2) is 5.27. The van der Waals surface area contributed by atoms with Crippen LogP contribution in [0, 0.1) is 0 Å². The van der Waals surface area contributed by atoms with E-state index in [0.717, 1.165) is 26.2 Å². The zero-order valence-corrected chi connectivity index (χ0v) is 10.6. The van der Waals surface area contributed by atoms with E-state index in [0.29, 0.717) is 12.4 Å². The number of hydrogen-bond donors (Lipinski definition) is 1. The molecule has 0 spiro atoms. The molecule has 0 saturated carbocycles. The fraction of sp³-hybridized carbons (Fsp3) is 0.385. The van der Waals surface area contributed by atoms with Gasteiger partial charge in [0.25, 0.3) is 0 Å². The Morgan fingerprint density at radius 1 is 1.16 bits per heavy atom. The first-order chi connectivity index (χ1) is 9.31. The van der Waals surface area contributed by atoms with Crippen LogP contribution in [0.25, 0.3) is 0 Å². The number of benzene rings is 1. The zero-order chi connectivity index (χ0) is 13.1. The SMILES string of the molecule is O=c1[nH]c(CN2CCN(c3ccccc3)CC2)no1. The Morgan fingerprint density at radius 2 is 1.89 bits per heavy atom. The Balaban J connectivity index is 1.56. The van der Waals surface area contributed by atoms with Crippen LogP contribution in [0.3, 0.4) is 0 Å². The Morgan fingerprint density at radius 3 is 2.53 bits per heavy atom. The molecule has 0 aliphatic carbocycles. The van der Waals surface area contributed by atoms with Gasteiger partial charge in [0.2, 0.25) is 0 Å². The predicted molar refractivity (Wildman–Crippen MR) is 71.1 cm³/mol. The standard InChI is InChI=1S/C13H16N4O2/c18-13-14-12(15-19-13)10-16-6-8-17(9-7-16)11-4-2-1-3-5-11/h1-5H,6-10H2,(H,14,15,18). The van der Waals surface area contributed by atoms with Crippen LogP contribution in [-0.2, 0) is 6.54 Å². The summed E-state index contributed by atoms with van der Waals surface area (Å²) >= 11 is 0. The second-order valence-corrected chi connectivity index (χ2v) is 4.64. The molecule has 6 heteroatoms. The molecule has 19 heavy (non-hydrogen) atoms. The van der Waals surface area contributed by atoms with Crippen molar-refractivity contribution in [3.63, 3.8) is 0 Å². The highest BCUT2D eigenvalue weighted by molar-refractivity contribution is 5.46. The van der Waals surface area contributed by atoms with E-state index in [4.69, 9.17) is 0 Å². The number of para-hydroxylation sites is 1. The molecule has 1 aliphatic heterocycles. The van der Waals surface area contributed by atoms with Gasteiger partial charge in [0.05, 0.1) is 6.54 Å². The third-order valence-electron chi connectivity index (χ3n) is 3.35. The average molecular weight is 260 g/mol. The fourth-order valence-electron chi connectivity index (χ4n) is 2.34. The van der Waals surface area contributed by atoms with Crippen LogP contribution in [0.4, 0.5) is 5.69 Å². The van der Waals surface area contributed by atoms with Crippen molar-refractivity contribution in [2.75, 3.05) is 31.1 Å². The summed E-state index contributed by atoms with van der Waals surface area (Å²) in [5.74, 6) is 0.107. The van der Waals surface area contributed by atoms with E-state index in [9.17, 15) is 4.79 Å². The van der Waals surface area contributed by atoms with Crippen molar-refractivity contribution in [3.05, 3.63) is 46.7 Å². The number of aromatic nitrogens is 2. The van der Waals surface area contributed by atoms with E-state index in [1.165, 1.54) is 5.69 Å². The number of anilines is 1. The summed E-state index contributed by atoms with van der Waals surface area (Å²) in [5, 5.41) is 3.69. The van der Waals surface area contributed by atoms with Crippen molar-refractivity contribution >= 4 is 5.69 Å². The number of piperazine rings is 1. The lowest BCUT2D eigenvalue weighted by Crippen LogP contribution is -2.46. The van der Waals surface area contributed by atoms with E-state index < -0.39 is 5.76 Å². The summed E-state index contributed by atoms with van der Waals surface area (Å²) in [6.07, 6.45) is 0. The molecular formula is C13H16N4O2. The number of H-pyrrole nitrogens is 1. The molecule has 0 radical (unpaired) electrons. The number of rotatable bonds is 3. The van der Waals surface area contributed by atoms with Gasteiger partial charge in [-0.05, 0) is 12.1 Å². The van der Waals surface area contributed by atoms with Gasteiger partial charge in [-0.15, -0.1) is 0 Å². The van der Waals surface area contributed by atoms with Gasteiger partial charge < -0.3 is 4.90 Å². The first-order valence-corrected chi connectivity index (χ1v) is 6.38. The van der Waals surface area contributed by atoms with Crippen molar-refractivity contribution in [2.24, 2.45) is 0 Å². The third kappa shape index (κ3) is 2.85. The summed E-state index contributed by atoms with van der Waals surface area (Å²) in [7, 11) is 0. The van der Waals surface area contributed by atoms with Gasteiger partial charge in [-0.25, -0.2) is 4.79 Å². The molecule has 0 atom stereocenters. The minimum atomic E-state index is -0.488. The van der Waals surface area contributed by atoms with Gasteiger partial charge in [0, 0.05) is 31.9 Å². The third-order valence-corrected chi connectivity index (χ3v) is 3.35. The topological polar surface area (TPSA) is 65.4 Å². The van der Waals surface area contributed by atoms with Crippen molar-refractivity contribution in [1.82, 2.24) is 15.0 Å². The molecule has 3 rings (SSSR count). The van der Waals surface area contributed by atoms with Crippen LogP contribution in [-0.4, -0.2) is 41.2 Å². The molecular weight excluding hydrogens is 244 g/mol. The maximum Gasteiger partial charge on any atom is 0.438 e. The van der Waals surface area contributed by atoms with E-state index in [2.05, 4.69) is 48.7 Å². The monoisotopic (exact) mass is 260 g/mol. The van der Waals surface area contributed by atoms with Crippen LogP contribution in [0.15, 0.2) is 39.6 Å². The summed E-state index contributed by atoms with van der Waals surface area (Å²) in [6.45, 7) is 4.49. The minimum absolute atomic E-state index is 0.488. The van der Waals surface area contributed by atoms with E-state index >= 15 is 0 Å². The molecule has 2 heterocycles. The lowest BCUT2D eigenvalue weighted by Gasteiger charge is -2.35. The van der Waals surface area contributed by atoms with E-state index in [-0.39, 0.29) is 0 Å². The van der Waals surface area contributed by atoms with Crippen LogP contribution < -0.4 is 10.7 Å². The second-order valence-electron chi connectivity index (χ2n) is 4.64. The number of hydrogen-bond acceptors (Lipinski definition) is 5. The van der Waals surface area contributed by atoms with Gasteiger partial charge in [-0.3, -0.25) is 14.4 Å².